The van der Waals surface area contributed by atoms with E-state index in [0.29, 0.717) is 0 Å². The van der Waals surface area contributed by atoms with Gasteiger partial charge in [-0.1, -0.05) is 12.1 Å². The van der Waals surface area contributed by atoms with E-state index in [1.807, 2.05) is 0 Å². The monoisotopic (exact) mass is 344 g/mol. The Bertz CT molecular complexity index is 588. The van der Waals surface area contributed by atoms with Crippen molar-refractivity contribution in [2.75, 3.05) is 6.54 Å². The molecule has 0 bridgehead atoms. The number of nitrogens with two attached hydrogens (primary N) is 1. The molecule has 9 heteroatoms. The number of benzene rings is 1. The molecule has 120 valence electrons. The normalized spacial score (nSPS) is 17.1. The Kier molecular flexibility index (Phi) is 5.65. The van der Waals surface area contributed by atoms with E-state index in [2.05, 4.69) is 4.72 Å². The fourth-order valence-electron chi connectivity index (χ4n) is 2.03. The van der Waals surface area contributed by atoms with E-state index < -0.39 is 32.7 Å². The fraction of sp³-hybridized carbons (Fsp3) is 0.500. The predicted molar refractivity (Wildman–Crippen MR) is 74.6 cm³/mol. The van der Waals surface area contributed by atoms with Gasteiger partial charge in [0.25, 0.3) is 0 Å². The molecule has 0 spiro atoms. The number of alkyl halides is 3. The minimum absolute atomic E-state index is 0. The zero-order valence-electron chi connectivity index (χ0n) is 10.9. The Morgan fingerprint density at radius 3 is 2.33 bits per heavy atom. The summed E-state index contributed by atoms with van der Waals surface area (Å²) in [6.45, 7) is 0.0675. The maximum atomic E-state index is 12.9. The molecule has 1 saturated carbocycles. The summed E-state index contributed by atoms with van der Waals surface area (Å²) in [7, 11) is -4.24. The summed E-state index contributed by atoms with van der Waals surface area (Å²) in [5.41, 5.74) is 4.31. The van der Waals surface area contributed by atoms with Gasteiger partial charge in [-0.2, -0.15) is 13.2 Å². The number of rotatable bonds is 5. The molecule has 0 radical (unpaired) electrons. The highest BCUT2D eigenvalue weighted by molar-refractivity contribution is 7.89. The van der Waals surface area contributed by atoms with E-state index in [-0.39, 0.29) is 24.9 Å². The van der Waals surface area contributed by atoms with Gasteiger partial charge in [0.2, 0.25) is 10.0 Å². The Balaban J connectivity index is 0.00000220. The first kappa shape index (κ1) is 18.2. The van der Waals surface area contributed by atoms with Crippen LogP contribution in [0.4, 0.5) is 13.2 Å². The zero-order valence-corrected chi connectivity index (χ0v) is 12.6. The van der Waals surface area contributed by atoms with Crippen LogP contribution in [-0.2, 0) is 16.2 Å². The molecule has 1 aromatic rings. The molecule has 1 atom stereocenters. The molecular formula is C12H16ClF3N2O2S. The Labute approximate surface area is 127 Å². The number of halogens is 4. The molecule has 1 fully saturated rings. The van der Waals surface area contributed by atoms with Crippen LogP contribution in [0.1, 0.15) is 18.4 Å². The van der Waals surface area contributed by atoms with Crippen LogP contribution in [0.25, 0.3) is 0 Å². The maximum Gasteiger partial charge on any atom is 0.417 e. The Hall–Kier alpha value is -0.830. The van der Waals surface area contributed by atoms with Crippen LogP contribution in [0.3, 0.4) is 0 Å². The van der Waals surface area contributed by atoms with Crippen molar-refractivity contribution < 1.29 is 21.6 Å². The van der Waals surface area contributed by atoms with Gasteiger partial charge < -0.3 is 5.73 Å². The Morgan fingerprint density at radius 2 is 1.86 bits per heavy atom. The highest BCUT2D eigenvalue weighted by atomic mass is 35.5. The van der Waals surface area contributed by atoms with Crippen molar-refractivity contribution in [3.63, 3.8) is 0 Å². The van der Waals surface area contributed by atoms with Gasteiger partial charge in [0.05, 0.1) is 10.5 Å². The van der Waals surface area contributed by atoms with Gasteiger partial charge in [-0.25, -0.2) is 13.1 Å². The van der Waals surface area contributed by atoms with Gasteiger partial charge in [-0.05, 0) is 30.9 Å². The minimum atomic E-state index is -4.72. The summed E-state index contributed by atoms with van der Waals surface area (Å²) in [6.07, 6.45) is -3.04. The first-order chi connectivity index (χ1) is 9.25. The third kappa shape index (κ3) is 4.32. The van der Waals surface area contributed by atoms with Crippen molar-refractivity contribution in [2.24, 2.45) is 11.7 Å². The lowest BCUT2D eigenvalue weighted by Crippen LogP contribution is -2.42. The first-order valence-corrected chi connectivity index (χ1v) is 7.62. The highest BCUT2D eigenvalue weighted by Crippen LogP contribution is 2.36. The summed E-state index contributed by atoms with van der Waals surface area (Å²) in [6, 6.07) is 3.61. The average Bonchev–Trinajstić information content (AvgIpc) is 3.19. The van der Waals surface area contributed by atoms with E-state index in [9.17, 15) is 21.6 Å². The van der Waals surface area contributed by atoms with Crippen molar-refractivity contribution >= 4 is 22.4 Å². The van der Waals surface area contributed by atoms with E-state index in [1.54, 1.807) is 0 Å². The SMILES string of the molecule is Cl.NCC(NS(=O)(=O)c1ccccc1C(F)(F)F)C1CC1. The second-order valence-electron chi connectivity index (χ2n) is 4.79. The van der Waals surface area contributed by atoms with Gasteiger partial charge in [-0.15, -0.1) is 12.4 Å². The molecule has 4 nitrogen and oxygen atoms in total. The van der Waals surface area contributed by atoms with Crippen molar-refractivity contribution in [1.82, 2.24) is 4.72 Å². The molecule has 0 aliphatic heterocycles. The highest BCUT2D eigenvalue weighted by Gasteiger charge is 2.39. The molecule has 1 aliphatic carbocycles. The van der Waals surface area contributed by atoms with Crippen LogP contribution in [0.15, 0.2) is 29.2 Å². The van der Waals surface area contributed by atoms with Crippen molar-refractivity contribution in [3.05, 3.63) is 29.8 Å². The molecular weight excluding hydrogens is 329 g/mol. The fourth-order valence-corrected chi connectivity index (χ4v) is 3.58. The molecule has 1 aliphatic rings. The molecule has 0 saturated heterocycles. The van der Waals surface area contributed by atoms with E-state index >= 15 is 0 Å². The summed E-state index contributed by atoms with van der Waals surface area (Å²) >= 11 is 0. The molecule has 0 amide bonds. The maximum absolute atomic E-state index is 12.9. The van der Waals surface area contributed by atoms with Crippen molar-refractivity contribution in [3.8, 4) is 0 Å². The quantitative estimate of drug-likeness (QED) is 0.859. The largest absolute Gasteiger partial charge is 0.417 e. The lowest BCUT2D eigenvalue weighted by molar-refractivity contribution is -0.139. The van der Waals surface area contributed by atoms with Crippen LogP contribution in [0.5, 0.6) is 0 Å². The van der Waals surface area contributed by atoms with Gasteiger partial charge in [0.15, 0.2) is 0 Å². The standard InChI is InChI=1S/C12H15F3N2O2S.ClH/c13-12(14,15)9-3-1-2-4-11(9)20(18,19)17-10(7-16)8-5-6-8;/h1-4,8,10,17H,5-7,16H2;1H. The van der Waals surface area contributed by atoms with Crippen LogP contribution < -0.4 is 10.5 Å². The lowest BCUT2D eigenvalue weighted by Gasteiger charge is -2.18. The lowest BCUT2D eigenvalue weighted by atomic mass is 10.2. The zero-order chi connectivity index (χ0) is 15.0. The third-order valence-electron chi connectivity index (χ3n) is 3.23. The molecule has 1 unspecified atom stereocenters. The summed E-state index contributed by atoms with van der Waals surface area (Å²) in [5, 5.41) is 0. The third-order valence-corrected chi connectivity index (χ3v) is 4.78. The molecule has 21 heavy (non-hydrogen) atoms. The van der Waals surface area contributed by atoms with Gasteiger partial charge in [0, 0.05) is 12.6 Å². The molecule has 0 aromatic heterocycles. The van der Waals surface area contributed by atoms with E-state index in [4.69, 9.17) is 5.73 Å². The molecule has 2 rings (SSSR count). The Morgan fingerprint density at radius 1 is 1.29 bits per heavy atom. The molecule has 0 heterocycles. The van der Waals surface area contributed by atoms with Crippen LogP contribution >= 0.6 is 12.4 Å². The number of hydrogen-bond donors (Lipinski definition) is 2. The van der Waals surface area contributed by atoms with Gasteiger partial charge >= 0.3 is 6.18 Å². The van der Waals surface area contributed by atoms with E-state index in [1.165, 1.54) is 6.07 Å². The van der Waals surface area contributed by atoms with Crippen molar-refractivity contribution in [2.45, 2.75) is 30.0 Å². The van der Waals surface area contributed by atoms with Crippen LogP contribution in [0, 0.1) is 5.92 Å². The molecule has 1 aromatic carbocycles. The second-order valence-corrected chi connectivity index (χ2v) is 6.48. The average molecular weight is 345 g/mol. The minimum Gasteiger partial charge on any atom is -0.329 e. The summed E-state index contributed by atoms with van der Waals surface area (Å²) in [5.74, 6) is 0.118. The van der Waals surface area contributed by atoms with Gasteiger partial charge in [-0.3, -0.25) is 0 Å². The van der Waals surface area contributed by atoms with E-state index in [0.717, 1.165) is 31.0 Å². The second kappa shape index (κ2) is 6.51. The number of nitrogens with one attached hydrogen (secondary N) is 1. The molecule has 3 N–H and O–H groups in total. The predicted octanol–water partition coefficient (Wildman–Crippen LogP) is 2.14. The smallest absolute Gasteiger partial charge is 0.329 e. The summed E-state index contributed by atoms with van der Waals surface area (Å²) in [4.78, 5) is -0.758. The number of sulfonamides is 1. The first-order valence-electron chi connectivity index (χ1n) is 6.14. The topological polar surface area (TPSA) is 72.2 Å². The van der Waals surface area contributed by atoms with Crippen molar-refractivity contribution in [1.29, 1.82) is 0 Å². The van der Waals surface area contributed by atoms with Crippen LogP contribution in [0.2, 0.25) is 0 Å². The van der Waals surface area contributed by atoms with Gasteiger partial charge in [0.1, 0.15) is 0 Å². The number of hydrogen-bond acceptors (Lipinski definition) is 3. The summed E-state index contributed by atoms with van der Waals surface area (Å²) < 4.78 is 65.1. The van der Waals surface area contributed by atoms with Crippen LogP contribution in [-0.4, -0.2) is 21.0 Å².